The zero-order valence-electron chi connectivity index (χ0n) is 18.6. The smallest absolute Gasteiger partial charge is 0.230 e. The second kappa shape index (κ2) is 8.99. The van der Waals surface area contributed by atoms with Gasteiger partial charge < -0.3 is 9.80 Å². The van der Waals surface area contributed by atoms with E-state index in [1.807, 2.05) is 26.2 Å². The molecule has 3 rings (SSSR count). The molecule has 0 N–H and O–H groups in total. The van der Waals surface area contributed by atoms with Crippen LogP contribution in [0.1, 0.15) is 46.0 Å². The largest absolute Gasteiger partial charge is 0.356 e. The Labute approximate surface area is 180 Å². The molecule has 0 aromatic rings. The zero-order chi connectivity index (χ0) is 22.0. The summed E-state index contributed by atoms with van der Waals surface area (Å²) in [5, 5.41) is 0. The maximum absolute atomic E-state index is 13.2. The highest BCUT2D eigenvalue weighted by molar-refractivity contribution is 6.41. The van der Waals surface area contributed by atoms with Gasteiger partial charge >= 0.3 is 0 Å². The predicted octanol–water partition coefficient (Wildman–Crippen LogP) is 4.41. The highest BCUT2D eigenvalue weighted by Gasteiger charge is 2.35. The number of Topliss-reactive ketones (excluding diaryl/α,β-unsaturated/α-hetero) is 1. The van der Waals surface area contributed by atoms with Crippen LogP contribution in [-0.4, -0.2) is 47.3 Å². The zero-order valence-corrected chi connectivity index (χ0v) is 18.6. The van der Waals surface area contributed by atoms with Crippen molar-refractivity contribution in [3.63, 3.8) is 0 Å². The molecular weight excluding hydrogens is 374 g/mol. The summed E-state index contributed by atoms with van der Waals surface area (Å²) in [6.45, 7) is 12.0. The van der Waals surface area contributed by atoms with E-state index in [0.717, 1.165) is 24.4 Å². The van der Waals surface area contributed by atoms with Gasteiger partial charge in [0.1, 0.15) is 5.82 Å². The number of nitrogens with zero attached hydrogens (tertiary/aromatic N) is 3. The van der Waals surface area contributed by atoms with Gasteiger partial charge in [-0.05, 0) is 49.8 Å². The SMILES string of the molecule is C=C/C=C1/N=C(C(=O)CCC2=CC3=C(CC(=O)N3C)CC2C)C(CC=C)C(C)N1C. The third-order valence-electron chi connectivity index (χ3n) is 6.72. The van der Waals surface area contributed by atoms with E-state index in [1.165, 1.54) is 11.1 Å². The molecule has 0 saturated carbocycles. The Hall–Kier alpha value is -2.69. The van der Waals surface area contributed by atoms with Crippen molar-refractivity contribution in [1.29, 1.82) is 0 Å². The van der Waals surface area contributed by atoms with E-state index in [-0.39, 0.29) is 23.7 Å². The normalized spacial score (nSPS) is 27.8. The van der Waals surface area contributed by atoms with Crippen LogP contribution < -0.4 is 0 Å². The molecule has 0 aromatic heterocycles. The van der Waals surface area contributed by atoms with E-state index in [1.54, 1.807) is 11.0 Å². The summed E-state index contributed by atoms with van der Waals surface area (Å²) in [6, 6.07) is 0.157. The van der Waals surface area contributed by atoms with Crippen molar-refractivity contribution in [3.8, 4) is 0 Å². The van der Waals surface area contributed by atoms with Gasteiger partial charge in [-0.3, -0.25) is 9.59 Å². The topological polar surface area (TPSA) is 53.0 Å². The first-order chi connectivity index (χ1) is 14.3. The molecule has 160 valence electrons. The third kappa shape index (κ3) is 4.11. The number of carbonyl (C=O) groups is 2. The van der Waals surface area contributed by atoms with Crippen LogP contribution in [0.4, 0.5) is 0 Å². The predicted molar refractivity (Wildman–Crippen MR) is 122 cm³/mol. The summed E-state index contributed by atoms with van der Waals surface area (Å²) in [7, 11) is 3.84. The lowest BCUT2D eigenvalue weighted by atomic mass is 9.82. The van der Waals surface area contributed by atoms with Crippen LogP contribution in [0.15, 0.2) is 65.1 Å². The van der Waals surface area contributed by atoms with Gasteiger partial charge in [0.05, 0.1) is 12.1 Å². The Morgan fingerprint density at radius 2 is 2.03 bits per heavy atom. The fraction of sp³-hybridized carbons (Fsp3) is 0.480. The number of hydrogen-bond acceptors (Lipinski definition) is 4. The summed E-state index contributed by atoms with van der Waals surface area (Å²) in [6.07, 6.45) is 10.8. The summed E-state index contributed by atoms with van der Waals surface area (Å²) in [4.78, 5) is 33.8. The maximum atomic E-state index is 13.2. The van der Waals surface area contributed by atoms with E-state index >= 15 is 0 Å². The van der Waals surface area contributed by atoms with Gasteiger partial charge in [-0.25, -0.2) is 4.99 Å². The standard InChI is InChI=1S/C25H33N3O2/c1-7-9-20-17(4)27(5)23(10-8-2)26-25(20)22(29)12-11-18-14-21-19(13-16(18)3)15-24(30)28(21)6/h7-8,10,14,16-17,20H,1-2,9,11-13,15H2,3-6H3/b23-10-. The monoisotopic (exact) mass is 407 g/mol. The first-order valence-electron chi connectivity index (χ1n) is 10.8. The lowest BCUT2D eigenvalue weighted by Crippen LogP contribution is -2.45. The second-order valence-electron chi connectivity index (χ2n) is 8.61. The van der Waals surface area contributed by atoms with Crippen molar-refractivity contribution in [1.82, 2.24) is 9.80 Å². The molecule has 1 amide bonds. The first kappa shape index (κ1) is 22.0. The van der Waals surface area contributed by atoms with E-state index in [9.17, 15) is 9.59 Å². The Morgan fingerprint density at radius 1 is 1.30 bits per heavy atom. The molecule has 0 saturated heterocycles. The van der Waals surface area contributed by atoms with E-state index in [0.29, 0.717) is 30.9 Å². The molecule has 1 aliphatic carbocycles. The number of carbonyl (C=O) groups excluding carboxylic acids is 2. The Balaban J connectivity index is 1.79. The molecule has 3 unspecified atom stereocenters. The van der Waals surface area contributed by atoms with Crippen molar-refractivity contribution < 1.29 is 9.59 Å². The molecule has 0 spiro atoms. The van der Waals surface area contributed by atoms with Crippen LogP contribution in [-0.2, 0) is 9.59 Å². The molecule has 2 aliphatic heterocycles. The van der Waals surface area contributed by atoms with Crippen LogP contribution in [0.5, 0.6) is 0 Å². The lowest BCUT2D eigenvalue weighted by Gasteiger charge is -2.38. The van der Waals surface area contributed by atoms with E-state index < -0.39 is 0 Å². The second-order valence-corrected chi connectivity index (χ2v) is 8.61. The average molecular weight is 408 g/mol. The number of likely N-dealkylation sites (N-methyl/N-ethyl adjacent to an activating group) is 1. The quantitative estimate of drug-likeness (QED) is 0.587. The number of rotatable bonds is 7. The minimum atomic E-state index is 0.0348. The van der Waals surface area contributed by atoms with Gasteiger partial charge in [0, 0.05) is 38.2 Å². The molecule has 0 radical (unpaired) electrons. The van der Waals surface area contributed by atoms with Crippen LogP contribution >= 0.6 is 0 Å². The number of amides is 1. The summed E-state index contributed by atoms with van der Waals surface area (Å²) >= 11 is 0. The molecule has 3 atom stereocenters. The minimum absolute atomic E-state index is 0.0348. The minimum Gasteiger partial charge on any atom is -0.356 e. The van der Waals surface area contributed by atoms with E-state index in [4.69, 9.17) is 4.99 Å². The van der Waals surface area contributed by atoms with Crippen molar-refractivity contribution in [2.75, 3.05) is 14.1 Å². The Kier molecular flexibility index (Phi) is 6.59. The van der Waals surface area contributed by atoms with Crippen molar-refractivity contribution in [2.24, 2.45) is 16.8 Å². The van der Waals surface area contributed by atoms with Gasteiger partial charge in [-0.15, -0.1) is 6.58 Å². The van der Waals surface area contributed by atoms with Crippen molar-refractivity contribution >= 4 is 17.4 Å². The van der Waals surface area contributed by atoms with Crippen LogP contribution in [0.25, 0.3) is 0 Å². The molecule has 2 heterocycles. The van der Waals surface area contributed by atoms with E-state index in [2.05, 4.69) is 38.0 Å². The van der Waals surface area contributed by atoms with Crippen LogP contribution in [0.3, 0.4) is 0 Å². The Bertz CT molecular complexity index is 890. The molecule has 0 aromatic carbocycles. The average Bonchev–Trinajstić information content (AvgIpc) is 2.98. The number of hydrogen-bond donors (Lipinski definition) is 0. The van der Waals surface area contributed by atoms with Crippen molar-refractivity contribution in [2.45, 2.75) is 52.0 Å². The molecule has 0 bridgehead atoms. The summed E-state index contributed by atoms with van der Waals surface area (Å²) in [5.74, 6) is 1.42. The van der Waals surface area contributed by atoms with Crippen LogP contribution in [0, 0.1) is 11.8 Å². The van der Waals surface area contributed by atoms with Gasteiger partial charge in [0.2, 0.25) is 5.91 Å². The molecule has 30 heavy (non-hydrogen) atoms. The lowest BCUT2D eigenvalue weighted by molar-refractivity contribution is -0.126. The van der Waals surface area contributed by atoms with Gasteiger partial charge in [0.25, 0.3) is 0 Å². The third-order valence-corrected chi connectivity index (χ3v) is 6.72. The number of aliphatic imine (C=N–C) groups is 1. The molecule has 5 heteroatoms. The van der Waals surface area contributed by atoms with Gasteiger partial charge in [-0.1, -0.05) is 31.2 Å². The number of allylic oxidation sites excluding steroid dienone is 5. The fourth-order valence-corrected chi connectivity index (χ4v) is 4.67. The highest BCUT2D eigenvalue weighted by Crippen LogP contribution is 2.38. The first-order valence-corrected chi connectivity index (χ1v) is 10.8. The van der Waals surface area contributed by atoms with Crippen LogP contribution in [0.2, 0.25) is 0 Å². The summed E-state index contributed by atoms with van der Waals surface area (Å²) in [5.41, 5.74) is 4.15. The molecule has 3 aliphatic rings. The number of ketones is 1. The molecule has 5 nitrogen and oxygen atoms in total. The Morgan fingerprint density at radius 3 is 2.70 bits per heavy atom. The molecule has 0 fully saturated rings. The molecular formula is C25H33N3O2. The summed E-state index contributed by atoms with van der Waals surface area (Å²) < 4.78 is 0. The highest BCUT2D eigenvalue weighted by atomic mass is 16.2. The van der Waals surface area contributed by atoms with Crippen molar-refractivity contribution in [3.05, 3.63) is 60.1 Å². The van der Waals surface area contributed by atoms with Gasteiger partial charge in [-0.2, -0.15) is 0 Å². The maximum Gasteiger partial charge on any atom is 0.230 e. The van der Waals surface area contributed by atoms with Gasteiger partial charge in [0.15, 0.2) is 5.78 Å². The fourth-order valence-electron chi connectivity index (χ4n) is 4.67.